The Hall–Kier alpha value is -1.65. The third-order valence-corrected chi connectivity index (χ3v) is 6.10. The molecule has 0 saturated heterocycles. The first-order valence-electron chi connectivity index (χ1n) is 10.2. The SMILES string of the molecule is COC(=O)CCOCCC[C@@H]1C(O)CC2C(/C=C/CCc3ccccc3)C21. The van der Waals surface area contributed by atoms with Crippen LogP contribution in [0.2, 0.25) is 0 Å². The number of ether oxygens (including phenoxy) is 2. The second-order valence-corrected chi connectivity index (χ2v) is 7.82. The van der Waals surface area contributed by atoms with Crippen molar-refractivity contribution < 1.29 is 19.4 Å². The van der Waals surface area contributed by atoms with Crippen molar-refractivity contribution in [3.8, 4) is 0 Å². The molecule has 1 aromatic rings. The van der Waals surface area contributed by atoms with Gasteiger partial charge in [-0.15, -0.1) is 0 Å². The molecule has 4 nitrogen and oxygen atoms in total. The summed E-state index contributed by atoms with van der Waals surface area (Å²) >= 11 is 0. The predicted molar refractivity (Wildman–Crippen MR) is 105 cm³/mol. The van der Waals surface area contributed by atoms with Gasteiger partial charge in [-0.05, 0) is 61.3 Å². The smallest absolute Gasteiger partial charge is 0.307 e. The van der Waals surface area contributed by atoms with Crippen LogP contribution in [0.5, 0.6) is 0 Å². The number of aliphatic hydroxyl groups is 1. The maximum absolute atomic E-state index is 11.0. The van der Waals surface area contributed by atoms with E-state index in [-0.39, 0.29) is 12.1 Å². The van der Waals surface area contributed by atoms with Crippen molar-refractivity contribution in [1.29, 1.82) is 0 Å². The molecular weight excluding hydrogens is 340 g/mol. The summed E-state index contributed by atoms with van der Waals surface area (Å²) in [7, 11) is 1.39. The van der Waals surface area contributed by atoms with Crippen molar-refractivity contribution in [2.24, 2.45) is 23.7 Å². The highest BCUT2D eigenvalue weighted by Gasteiger charge is 2.59. The second kappa shape index (κ2) is 10.0. The number of fused-ring (bicyclic) bond motifs is 1. The van der Waals surface area contributed by atoms with Gasteiger partial charge in [-0.3, -0.25) is 4.79 Å². The van der Waals surface area contributed by atoms with Gasteiger partial charge in [0.15, 0.2) is 0 Å². The Morgan fingerprint density at radius 1 is 1.26 bits per heavy atom. The lowest BCUT2D eigenvalue weighted by Gasteiger charge is -2.19. The zero-order valence-electron chi connectivity index (χ0n) is 16.3. The Morgan fingerprint density at radius 2 is 2.07 bits per heavy atom. The quantitative estimate of drug-likeness (QED) is 0.365. The minimum atomic E-state index is -0.232. The molecule has 0 radical (unpaired) electrons. The van der Waals surface area contributed by atoms with E-state index in [9.17, 15) is 9.90 Å². The van der Waals surface area contributed by atoms with E-state index in [0.29, 0.717) is 43.3 Å². The molecule has 27 heavy (non-hydrogen) atoms. The third kappa shape index (κ3) is 5.66. The van der Waals surface area contributed by atoms with Gasteiger partial charge in [-0.25, -0.2) is 0 Å². The van der Waals surface area contributed by atoms with E-state index >= 15 is 0 Å². The average Bonchev–Trinajstić information content (AvgIpc) is 3.25. The first-order valence-corrected chi connectivity index (χ1v) is 10.2. The lowest BCUT2D eigenvalue weighted by atomic mass is 9.92. The number of esters is 1. The van der Waals surface area contributed by atoms with Gasteiger partial charge in [0.2, 0.25) is 0 Å². The minimum absolute atomic E-state index is 0.149. The topological polar surface area (TPSA) is 55.8 Å². The van der Waals surface area contributed by atoms with Gasteiger partial charge in [0, 0.05) is 6.61 Å². The Balaban J connectivity index is 1.32. The molecule has 2 aliphatic rings. The van der Waals surface area contributed by atoms with Gasteiger partial charge in [-0.1, -0.05) is 42.5 Å². The van der Waals surface area contributed by atoms with Crippen molar-refractivity contribution in [2.45, 2.75) is 44.6 Å². The van der Waals surface area contributed by atoms with Gasteiger partial charge in [0.05, 0.1) is 26.2 Å². The molecule has 148 valence electrons. The van der Waals surface area contributed by atoms with Crippen molar-refractivity contribution in [2.75, 3.05) is 20.3 Å². The van der Waals surface area contributed by atoms with Crippen LogP contribution in [0.15, 0.2) is 42.5 Å². The second-order valence-electron chi connectivity index (χ2n) is 7.82. The van der Waals surface area contributed by atoms with E-state index in [1.54, 1.807) is 0 Å². The van der Waals surface area contributed by atoms with Crippen molar-refractivity contribution in [3.05, 3.63) is 48.0 Å². The number of hydrogen-bond acceptors (Lipinski definition) is 4. The standard InChI is InChI=1S/C23H32O4/c1-26-22(25)13-15-27-14-7-12-19-21(24)16-20-18(23(19)20)11-6-5-10-17-8-3-2-4-9-17/h2-4,6,8-9,11,18-21,23-24H,5,7,10,12-16H2,1H3/b11-6+/t18?,19-,20?,21?,23?/m1/s1. The van der Waals surface area contributed by atoms with E-state index in [2.05, 4.69) is 47.2 Å². The third-order valence-electron chi connectivity index (χ3n) is 6.10. The van der Waals surface area contributed by atoms with Crippen LogP contribution in [-0.4, -0.2) is 37.5 Å². The summed E-state index contributed by atoms with van der Waals surface area (Å²) in [6, 6.07) is 10.6. The largest absolute Gasteiger partial charge is 0.469 e. The number of hydrogen-bond donors (Lipinski definition) is 1. The molecule has 0 aliphatic heterocycles. The molecule has 0 amide bonds. The Bertz CT molecular complexity index is 612. The number of allylic oxidation sites excluding steroid dienone is 2. The van der Waals surface area contributed by atoms with Crippen LogP contribution in [0.3, 0.4) is 0 Å². The monoisotopic (exact) mass is 372 g/mol. The molecule has 5 atom stereocenters. The van der Waals surface area contributed by atoms with Gasteiger partial charge >= 0.3 is 5.97 Å². The van der Waals surface area contributed by atoms with Crippen LogP contribution < -0.4 is 0 Å². The molecule has 4 heteroatoms. The number of methoxy groups -OCH3 is 1. The van der Waals surface area contributed by atoms with E-state index in [1.165, 1.54) is 12.7 Å². The highest BCUT2D eigenvalue weighted by atomic mass is 16.5. The first-order chi connectivity index (χ1) is 13.2. The predicted octanol–water partition coefficient (Wildman–Crippen LogP) is 3.78. The molecule has 0 heterocycles. The van der Waals surface area contributed by atoms with E-state index in [0.717, 1.165) is 32.1 Å². The van der Waals surface area contributed by atoms with Crippen LogP contribution in [0.4, 0.5) is 0 Å². The van der Waals surface area contributed by atoms with Crippen molar-refractivity contribution in [1.82, 2.24) is 0 Å². The molecule has 0 bridgehead atoms. The average molecular weight is 373 g/mol. The molecule has 1 N–H and O–H groups in total. The fourth-order valence-corrected chi connectivity index (χ4v) is 4.64. The summed E-state index contributed by atoms with van der Waals surface area (Å²) in [6.45, 7) is 1.06. The number of aliphatic hydroxyl groups excluding tert-OH is 1. The lowest BCUT2D eigenvalue weighted by Crippen LogP contribution is -2.20. The number of carbonyl (C=O) groups is 1. The Labute approximate surface area is 162 Å². The van der Waals surface area contributed by atoms with Crippen molar-refractivity contribution >= 4 is 5.97 Å². The Kier molecular flexibility index (Phi) is 7.48. The molecule has 3 rings (SSSR count). The van der Waals surface area contributed by atoms with Crippen LogP contribution in [0.25, 0.3) is 0 Å². The fraction of sp³-hybridized carbons (Fsp3) is 0.609. The summed E-state index contributed by atoms with van der Waals surface area (Å²) in [4.78, 5) is 11.0. The summed E-state index contributed by atoms with van der Waals surface area (Å²) in [5.41, 5.74) is 1.39. The molecule has 2 fully saturated rings. The minimum Gasteiger partial charge on any atom is -0.469 e. The van der Waals surface area contributed by atoms with Crippen LogP contribution in [-0.2, 0) is 20.7 Å². The van der Waals surface area contributed by atoms with Gasteiger partial charge < -0.3 is 14.6 Å². The van der Waals surface area contributed by atoms with Crippen molar-refractivity contribution in [3.63, 3.8) is 0 Å². The number of aryl methyl sites for hydroxylation is 1. The van der Waals surface area contributed by atoms with Crippen LogP contribution in [0, 0.1) is 23.7 Å². The van der Waals surface area contributed by atoms with Gasteiger partial charge in [0.1, 0.15) is 0 Å². The normalized spacial score (nSPS) is 29.0. The molecule has 4 unspecified atom stereocenters. The summed E-state index contributed by atoms with van der Waals surface area (Å²) in [5, 5.41) is 10.3. The summed E-state index contributed by atoms with van der Waals surface area (Å²) < 4.78 is 10.1. The van der Waals surface area contributed by atoms with E-state index in [1.807, 2.05) is 0 Å². The molecule has 0 spiro atoms. The zero-order valence-corrected chi connectivity index (χ0v) is 16.3. The Morgan fingerprint density at radius 3 is 2.85 bits per heavy atom. The molecular formula is C23H32O4. The first kappa shape index (κ1) is 20.1. The van der Waals surface area contributed by atoms with E-state index < -0.39 is 0 Å². The van der Waals surface area contributed by atoms with Gasteiger partial charge in [0.25, 0.3) is 0 Å². The summed E-state index contributed by atoms with van der Waals surface area (Å²) in [5.74, 6) is 2.17. The maximum Gasteiger partial charge on any atom is 0.307 e. The highest BCUT2D eigenvalue weighted by Crippen LogP contribution is 2.62. The molecule has 2 saturated carbocycles. The zero-order chi connectivity index (χ0) is 19.1. The molecule has 0 aromatic heterocycles. The summed E-state index contributed by atoms with van der Waals surface area (Å²) in [6.07, 6.45) is 9.96. The lowest BCUT2D eigenvalue weighted by molar-refractivity contribution is -0.141. The number of carbonyl (C=O) groups excluding carboxylic acids is 1. The highest BCUT2D eigenvalue weighted by molar-refractivity contribution is 5.69. The molecule has 2 aliphatic carbocycles. The maximum atomic E-state index is 11.0. The van der Waals surface area contributed by atoms with E-state index in [4.69, 9.17) is 4.74 Å². The molecule has 1 aromatic carbocycles. The fourth-order valence-electron chi connectivity index (χ4n) is 4.64. The number of benzene rings is 1. The van der Waals surface area contributed by atoms with Crippen LogP contribution in [0.1, 0.15) is 37.7 Å². The van der Waals surface area contributed by atoms with Crippen LogP contribution >= 0.6 is 0 Å². The van der Waals surface area contributed by atoms with Gasteiger partial charge in [-0.2, -0.15) is 0 Å². The number of rotatable bonds is 11.